The van der Waals surface area contributed by atoms with Crippen molar-refractivity contribution in [1.82, 2.24) is 10.3 Å². The molecule has 10 heteroatoms. The van der Waals surface area contributed by atoms with E-state index in [-0.39, 0.29) is 22.6 Å². The summed E-state index contributed by atoms with van der Waals surface area (Å²) in [6.07, 6.45) is 1.83. The zero-order valence-corrected chi connectivity index (χ0v) is 18.0. The van der Waals surface area contributed by atoms with E-state index in [2.05, 4.69) is 10.3 Å². The minimum Gasteiger partial charge on any atom is -0.510 e. The number of aliphatic hydroxyl groups is 2. The molecule has 0 radical (unpaired) electrons. The van der Waals surface area contributed by atoms with Gasteiger partial charge in [0.25, 0.3) is 5.91 Å². The Bertz CT molecular complexity index is 1110. The van der Waals surface area contributed by atoms with Crippen LogP contribution in [0, 0.1) is 17.8 Å². The first-order chi connectivity index (χ1) is 15.1. The molecule has 0 spiro atoms. The summed E-state index contributed by atoms with van der Waals surface area (Å²) in [4.78, 5) is 44.5. The van der Waals surface area contributed by atoms with Crippen molar-refractivity contribution >= 4 is 29.1 Å². The number of allylic oxidation sites excluding steroid dienone is 1. The maximum atomic E-state index is 13.5. The van der Waals surface area contributed by atoms with Crippen LogP contribution in [0.4, 0.5) is 5.82 Å². The molecule has 32 heavy (non-hydrogen) atoms. The molecule has 4 atom stereocenters. The second kappa shape index (κ2) is 7.63. The molecule has 3 aliphatic rings. The van der Waals surface area contributed by atoms with E-state index in [0.717, 1.165) is 0 Å². The average molecular weight is 442 g/mol. The van der Waals surface area contributed by atoms with Gasteiger partial charge in [0.2, 0.25) is 0 Å². The van der Waals surface area contributed by atoms with Crippen molar-refractivity contribution in [1.29, 1.82) is 0 Å². The Kier molecular flexibility index (Phi) is 5.20. The lowest BCUT2D eigenvalue weighted by atomic mass is 9.59. The summed E-state index contributed by atoms with van der Waals surface area (Å²) in [7, 11) is 3.57. The third-order valence-electron chi connectivity index (χ3n) is 6.62. The van der Waals surface area contributed by atoms with Crippen molar-refractivity contribution in [3.8, 4) is 5.75 Å². The number of hydrogen-bond acceptors (Lipinski definition) is 9. The number of anilines is 1. The van der Waals surface area contributed by atoms with Gasteiger partial charge in [-0.3, -0.25) is 14.4 Å². The van der Waals surface area contributed by atoms with Crippen LogP contribution in [0.2, 0.25) is 0 Å². The fourth-order valence-corrected chi connectivity index (χ4v) is 5.39. The molecule has 1 saturated carbocycles. The van der Waals surface area contributed by atoms with E-state index in [1.54, 1.807) is 25.9 Å². The second-order valence-corrected chi connectivity index (χ2v) is 8.64. The van der Waals surface area contributed by atoms with Crippen molar-refractivity contribution in [2.75, 3.05) is 25.5 Å². The minimum absolute atomic E-state index is 0.0544. The number of fused-ring (bicyclic) bond motifs is 3. The molecule has 0 aromatic carbocycles. The monoisotopic (exact) mass is 442 g/mol. The quantitative estimate of drug-likeness (QED) is 0.327. The highest BCUT2D eigenvalue weighted by molar-refractivity contribution is 6.28. The van der Waals surface area contributed by atoms with Crippen LogP contribution < -0.4 is 16.0 Å². The van der Waals surface area contributed by atoms with E-state index in [0.29, 0.717) is 30.8 Å². The van der Waals surface area contributed by atoms with Gasteiger partial charge in [0.05, 0.1) is 23.7 Å². The SMILES string of the molecule is CCN[C@@H]1C(O)=C(C(N)=O)C(=O)C2C(=O)C3=C(O)c4c(O)cnc(N(C)C)c4CC3CC21. The molecule has 1 heterocycles. The molecule has 6 N–H and O–H groups in total. The van der Waals surface area contributed by atoms with Gasteiger partial charge >= 0.3 is 0 Å². The van der Waals surface area contributed by atoms with Gasteiger partial charge < -0.3 is 31.3 Å². The molecule has 10 nitrogen and oxygen atoms in total. The summed E-state index contributed by atoms with van der Waals surface area (Å²) in [6.45, 7) is 2.23. The van der Waals surface area contributed by atoms with Gasteiger partial charge in [-0.2, -0.15) is 0 Å². The maximum absolute atomic E-state index is 13.5. The number of nitrogens with one attached hydrogen (secondary N) is 1. The van der Waals surface area contributed by atoms with Crippen molar-refractivity contribution in [2.45, 2.75) is 25.8 Å². The number of pyridine rings is 1. The number of hydrogen-bond donors (Lipinski definition) is 5. The summed E-state index contributed by atoms with van der Waals surface area (Å²) >= 11 is 0. The highest BCUT2D eigenvalue weighted by Gasteiger charge is 2.55. The smallest absolute Gasteiger partial charge is 0.255 e. The fraction of sp³-hybridized carbons (Fsp3) is 0.455. The number of nitrogens with zero attached hydrogens (tertiary/aromatic N) is 2. The highest BCUT2D eigenvalue weighted by Crippen LogP contribution is 2.50. The zero-order valence-electron chi connectivity index (χ0n) is 18.0. The lowest BCUT2D eigenvalue weighted by Gasteiger charge is -2.44. The molecule has 0 aliphatic heterocycles. The molecule has 4 rings (SSSR count). The Hall–Kier alpha value is -3.40. The predicted molar refractivity (Wildman–Crippen MR) is 115 cm³/mol. The van der Waals surface area contributed by atoms with Crippen molar-refractivity contribution in [3.63, 3.8) is 0 Å². The summed E-state index contributed by atoms with van der Waals surface area (Å²) in [6, 6.07) is -0.796. The number of carbonyl (C=O) groups excluding carboxylic acids is 3. The largest absolute Gasteiger partial charge is 0.510 e. The third-order valence-corrected chi connectivity index (χ3v) is 6.62. The number of aromatic hydroxyl groups is 1. The first kappa shape index (κ1) is 21.8. The Morgan fingerprint density at radius 1 is 1.25 bits per heavy atom. The lowest BCUT2D eigenvalue weighted by Crippen LogP contribution is -2.56. The molecule has 170 valence electrons. The highest BCUT2D eigenvalue weighted by atomic mass is 16.3. The zero-order chi connectivity index (χ0) is 23.5. The molecule has 3 aliphatic carbocycles. The van der Waals surface area contributed by atoms with Crippen molar-refractivity contribution < 1.29 is 29.7 Å². The first-order valence-corrected chi connectivity index (χ1v) is 10.5. The van der Waals surface area contributed by atoms with E-state index in [4.69, 9.17) is 5.73 Å². The number of carbonyl (C=O) groups is 3. The van der Waals surface area contributed by atoms with E-state index in [1.165, 1.54) is 6.20 Å². The number of rotatable bonds is 4. The number of primary amides is 1. The van der Waals surface area contributed by atoms with Crippen LogP contribution in [0.25, 0.3) is 5.76 Å². The van der Waals surface area contributed by atoms with Crippen LogP contribution in [-0.2, 0) is 20.8 Å². The predicted octanol–water partition coefficient (Wildman–Crippen LogP) is 0.358. The van der Waals surface area contributed by atoms with Gasteiger partial charge in [-0.1, -0.05) is 6.92 Å². The minimum atomic E-state index is -1.26. The molecular weight excluding hydrogens is 416 g/mol. The summed E-state index contributed by atoms with van der Waals surface area (Å²) in [5.74, 6) is -5.41. The van der Waals surface area contributed by atoms with Crippen molar-refractivity contribution in [3.05, 3.63) is 34.2 Å². The Morgan fingerprint density at radius 3 is 2.53 bits per heavy atom. The number of likely N-dealkylation sites (N-methyl/N-ethyl adjacent to an activating group) is 1. The normalized spacial score (nSPS) is 27.1. The topological polar surface area (TPSA) is 166 Å². The number of nitrogens with two attached hydrogens (primary N) is 1. The Balaban J connectivity index is 1.89. The van der Waals surface area contributed by atoms with E-state index < -0.39 is 52.6 Å². The van der Waals surface area contributed by atoms with E-state index in [9.17, 15) is 29.7 Å². The molecule has 0 saturated heterocycles. The van der Waals surface area contributed by atoms with E-state index in [1.807, 2.05) is 0 Å². The van der Waals surface area contributed by atoms with Gasteiger partial charge in [0, 0.05) is 25.2 Å². The van der Waals surface area contributed by atoms with Crippen LogP contribution >= 0.6 is 0 Å². The number of ketones is 2. The molecule has 1 amide bonds. The molecule has 1 aromatic rings. The van der Waals surface area contributed by atoms with Gasteiger partial charge in [-0.15, -0.1) is 0 Å². The maximum Gasteiger partial charge on any atom is 0.255 e. The number of aromatic nitrogens is 1. The Labute approximate surface area is 184 Å². The lowest BCUT2D eigenvalue weighted by molar-refractivity contribution is -0.135. The molecular formula is C22H26N4O6. The van der Waals surface area contributed by atoms with Gasteiger partial charge in [-0.05, 0) is 31.2 Å². The first-order valence-electron chi connectivity index (χ1n) is 10.5. The van der Waals surface area contributed by atoms with Crippen LogP contribution in [-0.4, -0.2) is 64.5 Å². The molecule has 1 aromatic heterocycles. The number of amides is 1. The molecule has 1 fully saturated rings. The Morgan fingerprint density at radius 2 is 1.94 bits per heavy atom. The van der Waals surface area contributed by atoms with Gasteiger partial charge in [0.1, 0.15) is 28.7 Å². The molecule has 3 unspecified atom stereocenters. The van der Waals surface area contributed by atoms with Gasteiger partial charge in [-0.25, -0.2) is 4.98 Å². The molecule has 0 bridgehead atoms. The fourth-order valence-electron chi connectivity index (χ4n) is 5.39. The third kappa shape index (κ3) is 2.97. The van der Waals surface area contributed by atoms with E-state index >= 15 is 0 Å². The summed E-state index contributed by atoms with van der Waals surface area (Å²) in [5.41, 5.74) is 5.54. The summed E-state index contributed by atoms with van der Waals surface area (Å²) < 4.78 is 0. The van der Waals surface area contributed by atoms with Crippen molar-refractivity contribution in [2.24, 2.45) is 23.5 Å². The van der Waals surface area contributed by atoms with Crippen LogP contribution in [0.15, 0.2) is 23.1 Å². The van der Waals surface area contributed by atoms with Crippen LogP contribution in [0.1, 0.15) is 24.5 Å². The second-order valence-electron chi connectivity index (χ2n) is 8.64. The number of Topliss-reactive ketones (excluding diaryl/α,β-unsaturated/α-hetero) is 2. The standard InChI is InChI=1S/C22H26N4O6/c1-4-24-16-9-5-8-6-10-13(11(27)7-25-22(10)26(2)3)17(28)12(8)18(29)14(9)19(30)15(20(16)31)21(23)32/h7-9,14,16,24,27-28,31H,4-6H2,1-3H3,(H2,23,32)/t8?,9?,14?,16-/m0/s1. The van der Waals surface area contributed by atoms with Crippen LogP contribution in [0.3, 0.4) is 0 Å². The number of aliphatic hydroxyl groups excluding tert-OH is 2. The van der Waals surface area contributed by atoms with Gasteiger partial charge in [0.15, 0.2) is 11.6 Å². The summed E-state index contributed by atoms with van der Waals surface area (Å²) in [5, 5.41) is 35.2. The average Bonchev–Trinajstić information content (AvgIpc) is 2.70. The van der Waals surface area contributed by atoms with Crippen LogP contribution in [0.5, 0.6) is 5.75 Å².